The highest BCUT2D eigenvalue weighted by atomic mass is 32.2. The van der Waals surface area contributed by atoms with E-state index in [0.29, 0.717) is 12.1 Å². The van der Waals surface area contributed by atoms with Crippen LogP contribution in [-0.4, -0.2) is 50.0 Å². The predicted molar refractivity (Wildman–Crippen MR) is 158 cm³/mol. The number of nitrogens with zero attached hydrogens (tertiary/aromatic N) is 2. The van der Waals surface area contributed by atoms with Crippen LogP contribution in [0.3, 0.4) is 0 Å². The van der Waals surface area contributed by atoms with Gasteiger partial charge in [-0.25, -0.2) is 8.42 Å². The Morgan fingerprint density at radius 1 is 0.974 bits per heavy atom. The second kappa shape index (κ2) is 13.0. The molecule has 1 saturated carbocycles. The molecule has 0 unspecified atom stereocenters. The van der Waals surface area contributed by atoms with Gasteiger partial charge in [0, 0.05) is 12.6 Å². The Labute approximate surface area is 235 Å². The van der Waals surface area contributed by atoms with Gasteiger partial charge in [0.2, 0.25) is 21.8 Å². The molecule has 214 valence electrons. The number of carbonyl (C=O) groups excluding carboxylic acids is 2. The summed E-state index contributed by atoms with van der Waals surface area (Å²) in [5.41, 5.74) is 3.39. The number of rotatable bonds is 10. The quantitative estimate of drug-likeness (QED) is 0.430. The minimum atomic E-state index is -3.76. The average Bonchev–Trinajstić information content (AvgIpc) is 2.87. The topological polar surface area (TPSA) is 86.8 Å². The Morgan fingerprint density at radius 3 is 2.08 bits per heavy atom. The lowest BCUT2D eigenvalue weighted by atomic mass is 9.87. The zero-order valence-electron chi connectivity index (χ0n) is 24.4. The van der Waals surface area contributed by atoms with Crippen LogP contribution in [-0.2, 0) is 31.6 Å². The summed E-state index contributed by atoms with van der Waals surface area (Å²) in [4.78, 5) is 28.9. The molecule has 0 aromatic heterocycles. The molecule has 1 aliphatic carbocycles. The lowest BCUT2D eigenvalue weighted by Crippen LogP contribution is -2.53. The molecule has 0 saturated heterocycles. The SMILES string of the molecule is CC[C@@H](C(=O)NC1CCCCC1)N(Cc1ccc(C)cc1)C(=O)CN(c1ccc(C(C)(C)C)cc1)S(C)(=O)=O. The molecule has 1 N–H and O–H groups in total. The van der Waals surface area contributed by atoms with Crippen LogP contribution >= 0.6 is 0 Å². The number of aryl methyl sites for hydroxylation is 1. The van der Waals surface area contributed by atoms with Crippen molar-refractivity contribution >= 4 is 27.5 Å². The van der Waals surface area contributed by atoms with Crippen LogP contribution in [0, 0.1) is 6.92 Å². The van der Waals surface area contributed by atoms with E-state index in [1.807, 2.05) is 50.2 Å². The lowest BCUT2D eigenvalue weighted by molar-refractivity contribution is -0.140. The summed E-state index contributed by atoms with van der Waals surface area (Å²) in [5, 5.41) is 3.17. The average molecular weight is 556 g/mol. The molecular weight excluding hydrogens is 510 g/mol. The van der Waals surface area contributed by atoms with Crippen LogP contribution in [0.1, 0.15) is 82.9 Å². The molecule has 0 radical (unpaired) electrons. The molecule has 8 heteroatoms. The van der Waals surface area contributed by atoms with Gasteiger partial charge < -0.3 is 10.2 Å². The first-order chi connectivity index (χ1) is 18.3. The largest absolute Gasteiger partial charge is 0.352 e. The van der Waals surface area contributed by atoms with E-state index in [-0.39, 0.29) is 30.5 Å². The third-order valence-corrected chi connectivity index (χ3v) is 8.65. The predicted octanol–water partition coefficient (Wildman–Crippen LogP) is 5.31. The fourth-order valence-electron chi connectivity index (χ4n) is 5.10. The summed E-state index contributed by atoms with van der Waals surface area (Å²) in [6.07, 6.45) is 6.78. The number of sulfonamides is 1. The minimum Gasteiger partial charge on any atom is -0.352 e. The zero-order chi connectivity index (χ0) is 28.8. The van der Waals surface area contributed by atoms with Gasteiger partial charge in [-0.05, 0) is 54.9 Å². The molecule has 2 aromatic rings. The maximum atomic E-state index is 13.9. The number of nitrogens with one attached hydrogen (secondary N) is 1. The van der Waals surface area contributed by atoms with Crippen molar-refractivity contribution in [3.63, 3.8) is 0 Å². The van der Waals surface area contributed by atoms with Gasteiger partial charge in [-0.3, -0.25) is 13.9 Å². The van der Waals surface area contributed by atoms with E-state index in [4.69, 9.17) is 0 Å². The molecule has 2 aromatic carbocycles. The molecule has 0 aliphatic heterocycles. The fraction of sp³-hybridized carbons (Fsp3) is 0.548. The summed E-state index contributed by atoms with van der Waals surface area (Å²) in [6, 6.07) is 14.5. The molecule has 0 bridgehead atoms. The maximum absolute atomic E-state index is 13.9. The molecule has 0 spiro atoms. The first-order valence-corrected chi connectivity index (χ1v) is 15.9. The molecule has 2 amide bonds. The third kappa shape index (κ3) is 8.56. The molecular formula is C31H45N3O4S. The highest BCUT2D eigenvalue weighted by molar-refractivity contribution is 7.92. The molecule has 1 atom stereocenters. The Balaban J connectivity index is 1.91. The first-order valence-electron chi connectivity index (χ1n) is 14.0. The van der Waals surface area contributed by atoms with E-state index < -0.39 is 22.0 Å². The van der Waals surface area contributed by atoms with Crippen LogP contribution in [0.15, 0.2) is 48.5 Å². The van der Waals surface area contributed by atoms with Crippen LogP contribution in [0.4, 0.5) is 5.69 Å². The van der Waals surface area contributed by atoms with Crippen LogP contribution in [0.5, 0.6) is 0 Å². The van der Waals surface area contributed by atoms with Crippen LogP contribution in [0.2, 0.25) is 0 Å². The smallest absolute Gasteiger partial charge is 0.244 e. The minimum absolute atomic E-state index is 0.0881. The Morgan fingerprint density at radius 2 is 1.56 bits per heavy atom. The van der Waals surface area contributed by atoms with Crippen molar-refractivity contribution in [2.24, 2.45) is 0 Å². The second-order valence-electron chi connectivity index (χ2n) is 11.8. The van der Waals surface area contributed by atoms with Gasteiger partial charge in [0.05, 0.1) is 11.9 Å². The van der Waals surface area contributed by atoms with Gasteiger partial charge in [0.25, 0.3) is 0 Å². The van der Waals surface area contributed by atoms with Crippen molar-refractivity contribution in [1.29, 1.82) is 0 Å². The van der Waals surface area contributed by atoms with E-state index >= 15 is 0 Å². The normalized spacial score (nSPS) is 15.4. The Kier molecular flexibility index (Phi) is 10.2. The van der Waals surface area contributed by atoms with Gasteiger partial charge in [-0.15, -0.1) is 0 Å². The zero-order valence-corrected chi connectivity index (χ0v) is 25.2. The third-order valence-electron chi connectivity index (χ3n) is 7.51. The summed E-state index contributed by atoms with van der Waals surface area (Å²) in [6.45, 7) is 9.99. The highest BCUT2D eigenvalue weighted by Gasteiger charge is 2.33. The van der Waals surface area contributed by atoms with Gasteiger partial charge >= 0.3 is 0 Å². The van der Waals surface area contributed by atoms with Crippen molar-refractivity contribution in [3.8, 4) is 0 Å². The number of benzene rings is 2. The molecule has 7 nitrogen and oxygen atoms in total. The molecule has 0 heterocycles. The summed E-state index contributed by atoms with van der Waals surface area (Å²) < 4.78 is 26.9. The van der Waals surface area contributed by atoms with Crippen molar-refractivity contribution in [1.82, 2.24) is 10.2 Å². The van der Waals surface area contributed by atoms with Gasteiger partial charge in [-0.1, -0.05) is 88.9 Å². The van der Waals surface area contributed by atoms with Gasteiger partial charge in [0.1, 0.15) is 12.6 Å². The molecule has 3 rings (SSSR count). The van der Waals surface area contributed by atoms with Crippen molar-refractivity contribution < 1.29 is 18.0 Å². The molecule has 1 aliphatic rings. The first kappa shape index (κ1) is 30.7. The molecule has 39 heavy (non-hydrogen) atoms. The van der Waals surface area contributed by atoms with Gasteiger partial charge in [0.15, 0.2) is 0 Å². The highest BCUT2D eigenvalue weighted by Crippen LogP contribution is 2.26. The van der Waals surface area contributed by atoms with E-state index in [1.165, 1.54) is 6.42 Å². The second-order valence-corrected chi connectivity index (χ2v) is 13.7. The number of hydrogen-bond acceptors (Lipinski definition) is 4. The monoisotopic (exact) mass is 555 g/mol. The van der Waals surface area contributed by atoms with E-state index in [1.54, 1.807) is 17.0 Å². The Hall–Kier alpha value is -2.87. The lowest BCUT2D eigenvalue weighted by Gasteiger charge is -2.34. The molecule has 1 fully saturated rings. The summed E-state index contributed by atoms with van der Waals surface area (Å²) >= 11 is 0. The maximum Gasteiger partial charge on any atom is 0.244 e. The number of carbonyl (C=O) groups is 2. The fourth-order valence-corrected chi connectivity index (χ4v) is 5.94. The van der Waals surface area contributed by atoms with Crippen LogP contribution in [0.25, 0.3) is 0 Å². The van der Waals surface area contributed by atoms with Crippen molar-refractivity contribution in [3.05, 3.63) is 65.2 Å². The van der Waals surface area contributed by atoms with E-state index in [0.717, 1.165) is 52.9 Å². The van der Waals surface area contributed by atoms with Gasteiger partial charge in [-0.2, -0.15) is 0 Å². The Bertz CT molecular complexity index is 1210. The van der Waals surface area contributed by atoms with Crippen molar-refractivity contribution in [2.45, 2.75) is 97.2 Å². The number of amides is 2. The summed E-state index contributed by atoms with van der Waals surface area (Å²) in [5.74, 6) is -0.586. The number of hydrogen-bond donors (Lipinski definition) is 1. The number of anilines is 1. The van der Waals surface area contributed by atoms with E-state index in [2.05, 4.69) is 26.1 Å². The standard InChI is InChI=1S/C31H45N3O4S/c1-7-28(30(36)32-26-11-9-8-10-12-26)33(21-24-15-13-23(2)14-16-24)29(35)22-34(39(6,37)38)27-19-17-25(18-20-27)31(3,4)5/h13-20,26,28H,7-12,21-22H2,1-6H3,(H,32,36)/t28-/m0/s1. The van der Waals surface area contributed by atoms with E-state index in [9.17, 15) is 18.0 Å². The summed E-state index contributed by atoms with van der Waals surface area (Å²) in [7, 11) is -3.76. The van der Waals surface area contributed by atoms with Crippen LogP contribution < -0.4 is 9.62 Å². The van der Waals surface area contributed by atoms with Crippen molar-refractivity contribution in [2.75, 3.05) is 17.1 Å².